The Bertz CT molecular complexity index is 566. The SMILES string of the molecule is Cc1ccc(NCc2ccc(F)cc2C)cc1I. The molecule has 0 aliphatic carbocycles. The molecule has 0 heterocycles. The minimum absolute atomic E-state index is 0.180. The molecule has 2 rings (SSSR count). The molecule has 0 amide bonds. The molecule has 0 aliphatic rings. The number of aryl methyl sites for hydroxylation is 2. The highest BCUT2D eigenvalue weighted by molar-refractivity contribution is 14.1. The van der Waals surface area contributed by atoms with E-state index in [1.54, 1.807) is 6.07 Å². The highest BCUT2D eigenvalue weighted by Crippen LogP contribution is 2.18. The number of rotatable bonds is 3. The van der Waals surface area contributed by atoms with Crippen LogP contribution in [0.4, 0.5) is 10.1 Å². The lowest BCUT2D eigenvalue weighted by Crippen LogP contribution is -2.02. The van der Waals surface area contributed by atoms with E-state index in [2.05, 4.69) is 53.0 Å². The van der Waals surface area contributed by atoms with E-state index in [0.717, 1.165) is 16.8 Å². The maximum atomic E-state index is 13.0. The third-order valence-corrected chi connectivity index (χ3v) is 4.12. The highest BCUT2D eigenvalue weighted by atomic mass is 127. The van der Waals surface area contributed by atoms with Crippen LogP contribution in [-0.4, -0.2) is 0 Å². The van der Waals surface area contributed by atoms with Gasteiger partial charge in [-0.25, -0.2) is 4.39 Å². The standard InChI is InChI=1S/C15H15FIN/c1-10-3-6-14(8-15(10)17)18-9-12-4-5-13(16)7-11(12)2/h3-8,18H,9H2,1-2H3. The van der Waals surface area contributed by atoms with E-state index >= 15 is 0 Å². The maximum Gasteiger partial charge on any atom is 0.123 e. The lowest BCUT2D eigenvalue weighted by molar-refractivity contribution is 0.625. The summed E-state index contributed by atoms with van der Waals surface area (Å²) < 4.78 is 14.2. The molecule has 0 saturated carbocycles. The van der Waals surface area contributed by atoms with Gasteiger partial charge >= 0.3 is 0 Å². The fourth-order valence-electron chi connectivity index (χ4n) is 1.76. The predicted molar refractivity (Wildman–Crippen MR) is 82.4 cm³/mol. The van der Waals surface area contributed by atoms with Crippen molar-refractivity contribution >= 4 is 28.3 Å². The van der Waals surface area contributed by atoms with Crippen molar-refractivity contribution in [2.75, 3.05) is 5.32 Å². The van der Waals surface area contributed by atoms with E-state index in [-0.39, 0.29) is 5.82 Å². The van der Waals surface area contributed by atoms with Crippen LogP contribution in [0.15, 0.2) is 36.4 Å². The number of hydrogen-bond donors (Lipinski definition) is 1. The van der Waals surface area contributed by atoms with E-state index in [1.165, 1.54) is 15.2 Å². The molecule has 0 bridgehead atoms. The Morgan fingerprint density at radius 2 is 1.83 bits per heavy atom. The minimum Gasteiger partial charge on any atom is -0.381 e. The van der Waals surface area contributed by atoms with Crippen LogP contribution in [0, 0.1) is 23.2 Å². The van der Waals surface area contributed by atoms with Gasteiger partial charge in [0.2, 0.25) is 0 Å². The lowest BCUT2D eigenvalue weighted by atomic mass is 10.1. The lowest BCUT2D eigenvalue weighted by Gasteiger charge is -2.10. The second-order valence-electron chi connectivity index (χ2n) is 4.39. The zero-order chi connectivity index (χ0) is 13.1. The first-order valence-electron chi connectivity index (χ1n) is 5.81. The van der Waals surface area contributed by atoms with E-state index in [4.69, 9.17) is 0 Å². The molecule has 2 aromatic rings. The third-order valence-electron chi connectivity index (χ3n) is 2.96. The average molecular weight is 355 g/mol. The van der Waals surface area contributed by atoms with Crippen LogP contribution < -0.4 is 5.32 Å². The Labute approximate surface area is 121 Å². The Kier molecular flexibility index (Phi) is 4.22. The van der Waals surface area contributed by atoms with Crippen LogP contribution in [-0.2, 0) is 6.54 Å². The van der Waals surface area contributed by atoms with Crippen LogP contribution in [0.3, 0.4) is 0 Å². The van der Waals surface area contributed by atoms with Crippen molar-refractivity contribution in [2.45, 2.75) is 20.4 Å². The molecule has 0 radical (unpaired) electrons. The van der Waals surface area contributed by atoms with Gasteiger partial charge in [-0.2, -0.15) is 0 Å². The van der Waals surface area contributed by atoms with Gasteiger partial charge in [0.15, 0.2) is 0 Å². The van der Waals surface area contributed by atoms with Crippen molar-refractivity contribution in [1.29, 1.82) is 0 Å². The average Bonchev–Trinajstić information content (AvgIpc) is 2.32. The van der Waals surface area contributed by atoms with Gasteiger partial charge in [-0.3, -0.25) is 0 Å². The van der Waals surface area contributed by atoms with Crippen molar-refractivity contribution in [3.8, 4) is 0 Å². The van der Waals surface area contributed by atoms with Gasteiger partial charge in [0.05, 0.1) is 0 Å². The monoisotopic (exact) mass is 355 g/mol. The number of halogens is 2. The Balaban J connectivity index is 2.09. The topological polar surface area (TPSA) is 12.0 Å². The largest absolute Gasteiger partial charge is 0.381 e. The van der Waals surface area contributed by atoms with E-state index in [0.29, 0.717) is 6.54 Å². The van der Waals surface area contributed by atoms with Crippen molar-refractivity contribution in [3.05, 3.63) is 62.5 Å². The minimum atomic E-state index is -0.180. The number of nitrogens with one attached hydrogen (secondary N) is 1. The highest BCUT2D eigenvalue weighted by Gasteiger charge is 2.01. The first kappa shape index (κ1) is 13.3. The van der Waals surface area contributed by atoms with Crippen LogP contribution in [0.2, 0.25) is 0 Å². The molecule has 0 aromatic heterocycles. The van der Waals surface area contributed by atoms with Crippen LogP contribution >= 0.6 is 22.6 Å². The predicted octanol–water partition coefficient (Wildman–Crippen LogP) is 4.66. The van der Waals surface area contributed by atoms with Gasteiger partial charge < -0.3 is 5.32 Å². The molecule has 3 heteroatoms. The number of hydrogen-bond acceptors (Lipinski definition) is 1. The van der Waals surface area contributed by atoms with E-state index in [1.807, 2.05) is 13.0 Å². The molecule has 0 aliphatic heterocycles. The molecule has 2 aromatic carbocycles. The summed E-state index contributed by atoms with van der Waals surface area (Å²) in [6.07, 6.45) is 0. The van der Waals surface area contributed by atoms with Gasteiger partial charge in [0.1, 0.15) is 5.82 Å². The molecule has 94 valence electrons. The summed E-state index contributed by atoms with van der Waals surface area (Å²) in [5.74, 6) is -0.180. The maximum absolute atomic E-state index is 13.0. The van der Waals surface area contributed by atoms with Crippen LogP contribution in [0.1, 0.15) is 16.7 Å². The molecule has 0 fully saturated rings. The first-order chi connectivity index (χ1) is 8.56. The van der Waals surface area contributed by atoms with Gasteiger partial charge in [0, 0.05) is 15.8 Å². The molecular formula is C15H15FIN. The molecular weight excluding hydrogens is 340 g/mol. The third kappa shape index (κ3) is 3.22. The molecule has 1 nitrogen and oxygen atoms in total. The summed E-state index contributed by atoms with van der Waals surface area (Å²) in [4.78, 5) is 0. The van der Waals surface area contributed by atoms with Gasteiger partial charge in [0.25, 0.3) is 0 Å². The first-order valence-corrected chi connectivity index (χ1v) is 6.89. The second kappa shape index (κ2) is 5.69. The van der Waals surface area contributed by atoms with Crippen LogP contribution in [0.25, 0.3) is 0 Å². The van der Waals surface area contributed by atoms with Crippen molar-refractivity contribution in [2.24, 2.45) is 0 Å². The zero-order valence-electron chi connectivity index (χ0n) is 10.4. The quantitative estimate of drug-likeness (QED) is 0.790. The fraction of sp³-hybridized carbons (Fsp3) is 0.200. The van der Waals surface area contributed by atoms with Gasteiger partial charge in [-0.15, -0.1) is 0 Å². The Hall–Kier alpha value is -1.10. The molecule has 18 heavy (non-hydrogen) atoms. The summed E-state index contributed by atoms with van der Waals surface area (Å²) in [5, 5.41) is 3.36. The second-order valence-corrected chi connectivity index (χ2v) is 5.55. The van der Waals surface area contributed by atoms with E-state index in [9.17, 15) is 4.39 Å². The smallest absolute Gasteiger partial charge is 0.123 e. The summed E-state index contributed by atoms with van der Waals surface area (Å²) in [6, 6.07) is 11.2. The van der Waals surface area contributed by atoms with Gasteiger partial charge in [-0.05, 0) is 77.4 Å². The summed E-state index contributed by atoms with van der Waals surface area (Å²) in [7, 11) is 0. The zero-order valence-corrected chi connectivity index (χ0v) is 12.6. The molecule has 0 saturated heterocycles. The van der Waals surface area contributed by atoms with Crippen LogP contribution in [0.5, 0.6) is 0 Å². The molecule has 0 atom stereocenters. The van der Waals surface area contributed by atoms with Crippen molar-refractivity contribution < 1.29 is 4.39 Å². The molecule has 0 unspecified atom stereocenters. The molecule has 1 N–H and O–H groups in total. The number of benzene rings is 2. The number of anilines is 1. The summed E-state index contributed by atoms with van der Waals surface area (Å²) in [5.41, 5.74) is 4.46. The fourth-order valence-corrected chi connectivity index (χ4v) is 2.27. The summed E-state index contributed by atoms with van der Waals surface area (Å²) in [6.45, 7) is 4.74. The van der Waals surface area contributed by atoms with Gasteiger partial charge in [-0.1, -0.05) is 12.1 Å². The Morgan fingerprint density at radius 3 is 2.50 bits per heavy atom. The normalized spacial score (nSPS) is 10.4. The van der Waals surface area contributed by atoms with Crippen molar-refractivity contribution in [1.82, 2.24) is 0 Å². The Morgan fingerprint density at radius 1 is 1.06 bits per heavy atom. The van der Waals surface area contributed by atoms with E-state index < -0.39 is 0 Å². The molecule has 0 spiro atoms. The van der Waals surface area contributed by atoms with Crippen molar-refractivity contribution in [3.63, 3.8) is 0 Å². The summed E-state index contributed by atoms with van der Waals surface area (Å²) >= 11 is 2.33.